The van der Waals surface area contributed by atoms with Crippen LogP contribution in [-0.2, 0) is 12.8 Å². The molecule has 0 radical (unpaired) electrons. The first-order valence-corrected chi connectivity index (χ1v) is 10.3. The number of halogens is 3. The molecule has 0 spiro atoms. The summed E-state index contributed by atoms with van der Waals surface area (Å²) < 4.78 is 47.1. The summed E-state index contributed by atoms with van der Waals surface area (Å²) in [5.41, 5.74) is -0.0890. The Morgan fingerprint density at radius 2 is 1.81 bits per heavy atom. The lowest BCUT2D eigenvalue weighted by molar-refractivity contribution is -0.274. The Hall–Kier alpha value is -2.88. The van der Waals surface area contributed by atoms with Gasteiger partial charge < -0.3 is 19.5 Å². The highest BCUT2D eigenvalue weighted by molar-refractivity contribution is 5.94. The Balaban J connectivity index is 1.65. The lowest BCUT2D eigenvalue weighted by Gasteiger charge is -2.47. The van der Waals surface area contributed by atoms with Gasteiger partial charge in [0.1, 0.15) is 17.3 Å². The van der Waals surface area contributed by atoms with E-state index in [1.807, 2.05) is 0 Å². The highest BCUT2D eigenvalue weighted by Crippen LogP contribution is 2.30. The maximum Gasteiger partial charge on any atom is 0.573 e. The summed E-state index contributed by atoms with van der Waals surface area (Å²) in [7, 11) is 0. The lowest BCUT2D eigenvalue weighted by Crippen LogP contribution is -2.60. The number of ether oxygens (including phenoxy) is 2. The molecule has 10 heteroatoms. The molecule has 1 aliphatic heterocycles. The molecule has 2 heterocycles. The van der Waals surface area contributed by atoms with Crippen molar-refractivity contribution < 1.29 is 32.5 Å². The van der Waals surface area contributed by atoms with Crippen LogP contribution in [0.2, 0.25) is 0 Å². The number of benzene rings is 1. The van der Waals surface area contributed by atoms with E-state index >= 15 is 0 Å². The van der Waals surface area contributed by atoms with Crippen LogP contribution >= 0.6 is 0 Å². The number of nitrogens with zero attached hydrogens (tertiary/aromatic N) is 3. The number of rotatable bonds is 8. The number of alkyl halides is 3. The predicted molar refractivity (Wildman–Crippen MR) is 109 cm³/mol. The summed E-state index contributed by atoms with van der Waals surface area (Å²) in [6.45, 7) is 5.94. The summed E-state index contributed by atoms with van der Waals surface area (Å²) in [5, 5.41) is 10.2. The second-order valence-electron chi connectivity index (χ2n) is 8.14. The monoisotopic (exact) mass is 453 g/mol. The van der Waals surface area contributed by atoms with Gasteiger partial charge in [0.05, 0.1) is 23.8 Å². The fraction of sp³-hybridized carbons (Fsp3) is 0.500. The standard InChI is InChI=1S/C22H26F3N3O4/c1-4-31-16-9-14(10-17(11-16)32-22(23,24)25)5-6-19-26-12-15(13-27-19)20(29)28-8-7-18(28)21(2,3)30/h9-13,18,30H,4-8H2,1-3H3. The average Bonchev–Trinajstić information content (AvgIpc) is 2.63. The van der Waals surface area contributed by atoms with E-state index in [0.29, 0.717) is 42.9 Å². The molecule has 3 rings (SSSR count). The van der Waals surface area contributed by atoms with Gasteiger partial charge in [-0.15, -0.1) is 13.2 Å². The van der Waals surface area contributed by atoms with E-state index in [1.54, 1.807) is 31.7 Å². The molecular formula is C22H26F3N3O4. The molecule has 1 N–H and O–H groups in total. The summed E-state index contributed by atoms with van der Waals surface area (Å²) in [5.74, 6) is 0.135. The van der Waals surface area contributed by atoms with Gasteiger partial charge in [0.2, 0.25) is 0 Å². The molecule has 174 valence electrons. The van der Waals surface area contributed by atoms with E-state index in [1.165, 1.54) is 24.5 Å². The molecule has 0 saturated carbocycles. The first-order chi connectivity index (χ1) is 15.0. The summed E-state index contributed by atoms with van der Waals surface area (Å²) >= 11 is 0. The molecule has 1 saturated heterocycles. The van der Waals surface area contributed by atoms with Gasteiger partial charge >= 0.3 is 6.36 Å². The molecule has 1 fully saturated rings. The van der Waals surface area contributed by atoms with Crippen molar-refractivity contribution in [2.75, 3.05) is 13.2 Å². The zero-order chi connectivity index (χ0) is 23.5. The zero-order valence-electron chi connectivity index (χ0n) is 18.1. The Labute approximate surface area is 184 Å². The van der Waals surface area contributed by atoms with Crippen molar-refractivity contribution in [3.63, 3.8) is 0 Å². The fourth-order valence-electron chi connectivity index (χ4n) is 3.60. The molecule has 1 unspecified atom stereocenters. The molecular weight excluding hydrogens is 427 g/mol. The van der Waals surface area contributed by atoms with E-state index in [-0.39, 0.29) is 23.4 Å². The molecule has 0 aliphatic carbocycles. The van der Waals surface area contributed by atoms with Crippen LogP contribution in [0.3, 0.4) is 0 Å². The third-order valence-electron chi connectivity index (χ3n) is 5.17. The number of aromatic nitrogens is 2. The van der Waals surface area contributed by atoms with Crippen LogP contribution in [0.25, 0.3) is 0 Å². The minimum atomic E-state index is -4.80. The summed E-state index contributed by atoms with van der Waals surface area (Å²) in [6, 6.07) is 3.88. The number of carbonyl (C=O) groups is 1. The number of likely N-dealkylation sites (tertiary alicyclic amines) is 1. The molecule has 1 aliphatic rings. The number of carbonyl (C=O) groups excluding carboxylic acids is 1. The smallest absolute Gasteiger partial charge is 0.494 e. The number of hydrogen-bond acceptors (Lipinski definition) is 6. The molecule has 1 aromatic carbocycles. The minimum Gasteiger partial charge on any atom is -0.494 e. The van der Waals surface area contributed by atoms with Crippen molar-refractivity contribution in [2.24, 2.45) is 0 Å². The molecule has 32 heavy (non-hydrogen) atoms. The average molecular weight is 453 g/mol. The third kappa shape index (κ3) is 6.09. The van der Waals surface area contributed by atoms with E-state index in [4.69, 9.17) is 4.74 Å². The van der Waals surface area contributed by atoms with Gasteiger partial charge in [-0.2, -0.15) is 0 Å². The van der Waals surface area contributed by atoms with E-state index in [9.17, 15) is 23.1 Å². The molecule has 1 atom stereocenters. The Kier molecular flexibility index (Phi) is 6.92. The van der Waals surface area contributed by atoms with Crippen molar-refractivity contribution in [1.29, 1.82) is 0 Å². The van der Waals surface area contributed by atoms with Crippen LogP contribution in [0, 0.1) is 0 Å². The third-order valence-corrected chi connectivity index (χ3v) is 5.17. The second kappa shape index (κ2) is 9.32. The largest absolute Gasteiger partial charge is 0.573 e. The number of aliphatic hydroxyl groups is 1. The van der Waals surface area contributed by atoms with Crippen molar-refractivity contribution in [3.05, 3.63) is 47.5 Å². The van der Waals surface area contributed by atoms with Crippen molar-refractivity contribution in [3.8, 4) is 11.5 Å². The van der Waals surface area contributed by atoms with E-state index < -0.39 is 12.0 Å². The molecule has 1 aromatic heterocycles. The molecule has 2 aromatic rings. The zero-order valence-corrected chi connectivity index (χ0v) is 18.1. The van der Waals surface area contributed by atoms with Crippen molar-refractivity contribution >= 4 is 5.91 Å². The highest BCUT2D eigenvalue weighted by Gasteiger charge is 2.42. The van der Waals surface area contributed by atoms with Gasteiger partial charge in [-0.1, -0.05) is 0 Å². The summed E-state index contributed by atoms with van der Waals surface area (Å²) in [4.78, 5) is 22.7. The number of hydrogen-bond donors (Lipinski definition) is 1. The van der Waals surface area contributed by atoms with E-state index in [0.717, 1.165) is 6.42 Å². The predicted octanol–water partition coefficient (Wildman–Crippen LogP) is 3.54. The van der Waals surface area contributed by atoms with Gasteiger partial charge in [0.25, 0.3) is 5.91 Å². The van der Waals surface area contributed by atoms with Crippen LogP contribution in [0.15, 0.2) is 30.6 Å². The van der Waals surface area contributed by atoms with Crippen LogP contribution in [0.4, 0.5) is 13.2 Å². The second-order valence-corrected chi connectivity index (χ2v) is 8.14. The van der Waals surface area contributed by atoms with Crippen LogP contribution in [0.1, 0.15) is 48.9 Å². The fourth-order valence-corrected chi connectivity index (χ4v) is 3.60. The number of amides is 1. The maximum absolute atomic E-state index is 12.6. The minimum absolute atomic E-state index is 0.242. The first-order valence-electron chi connectivity index (χ1n) is 10.3. The normalized spacial score (nSPS) is 16.5. The van der Waals surface area contributed by atoms with Crippen molar-refractivity contribution in [2.45, 2.75) is 58.0 Å². The topological polar surface area (TPSA) is 84.8 Å². The van der Waals surface area contributed by atoms with Gasteiger partial charge in [-0.3, -0.25) is 4.79 Å². The highest BCUT2D eigenvalue weighted by atomic mass is 19.4. The quantitative estimate of drug-likeness (QED) is 0.658. The first kappa shape index (κ1) is 23.8. The number of aryl methyl sites for hydroxylation is 2. The van der Waals surface area contributed by atoms with Gasteiger partial charge in [0, 0.05) is 31.4 Å². The van der Waals surface area contributed by atoms with Crippen LogP contribution in [-0.4, -0.2) is 57.0 Å². The van der Waals surface area contributed by atoms with Crippen molar-refractivity contribution in [1.82, 2.24) is 14.9 Å². The van der Waals surface area contributed by atoms with Crippen LogP contribution < -0.4 is 9.47 Å². The lowest BCUT2D eigenvalue weighted by atomic mass is 9.87. The molecule has 7 nitrogen and oxygen atoms in total. The van der Waals surface area contributed by atoms with E-state index in [2.05, 4.69) is 14.7 Å². The SMILES string of the molecule is CCOc1cc(CCc2ncc(C(=O)N3CCC3C(C)(C)O)cn2)cc(OC(F)(F)F)c1. The van der Waals surface area contributed by atoms with Gasteiger partial charge in [-0.25, -0.2) is 9.97 Å². The molecule has 1 amide bonds. The van der Waals surface area contributed by atoms with Gasteiger partial charge in [0.15, 0.2) is 0 Å². The molecule has 0 bridgehead atoms. The maximum atomic E-state index is 12.6. The summed E-state index contributed by atoms with van der Waals surface area (Å²) in [6.07, 6.45) is -0.497. The van der Waals surface area contributed by atoms with Crippen LogP contribution in [0.5, 0.6) is 11.5 Å². The van der Waals surface area contributed by atoms with Gasteiger partial charge in [-0.05, 0) is 51.3 Å². The Morgan fingerprint density at radius 1 is 1.16 bits per heavy atom. The Morgan fingerprint density at radius 3 is 2.34 bits per heavy atom. The Bertz CT molecular complexity index is 943.